The van der Waals surface area contributed by atoms with E-state index in [9.17, 15) is 9.59 Å². The van der Waals surface area contributed by atoms with Gasteiger partial charge >= 0.3 is 0 Å². The Balaban J connectivity index is 1.29. The highest BCUT2D eigenvalue weighted by atomic mass is 35.5. The molecule has 2 amide bonds. The number of hydrazone groups is 1. The number of carbonyl (C=O) groups excluding carboxylic acids is 2. The Morgan fingerprint density at radius 1 is 0.941 bits per heavy atom. The minimum Gasteiger partial charge on any atom is -0.484 e. The van der Waals surface area contributed by atoms with E-state index in [0.717, 1.165) is 21.9 Å². The van der Waals surface area contributed by atoms with E-state index < -0.39 is 5.91 Å². The van der Waals surface area contributed by atoms with E-state index in [4.69, 9.17) is 16.3 Å². The molecule has 0 heterocycles. The summed E-state index contributed by atoms with van der Waals surface area (Å²) in [6.45, 7) is 1.63. The Bertz CT molecular complexity index is 1360. The first-order valence-corrected chi connectivity index (χ1v) is 11.0. The number of carbonyl (C=O) groups is 2. The number of fused-ring (bicyclic) bond motifs is 1. The van der Waals surface area contributed by atoms with Crippen molar-refractivity contribution >= 4 is 46.1 Å². The van der Waals surface area contributed by atoms with Gasteiger partial charge < -0.3 is 10.1 Å². The third kappa shape index (κ3) is 5.60. The predicted molar refractivity (Wildman–Crippen MR) is 136 cm³/mol. The molecule has 0 aromatic heterocycles. The Kier molecular flexibility index (Phi) is 7.20. The monoisotopic (exact) mass is 471 g/mol. The van der Waals surface area contributed by atoms with E-state index in [-0.39, 0.29) is 12.5 Å². The number of benzene rings is 4. The molecule has 0 atom stereocenters. The maximum Gasteiger partial charge on any atom is 0.277 e. The topological polar surface area (TPSA) is 79.8 Å². The third-order valence-electron chi connectivity index (χ3n) is 5.22. The van der Waals surface area contributed by atoms with Crippen LogP contribution >= 0.6 is 11.6 Å². The normalized spacial score (nSPS) is 10.9. The molecule has 0 fully saturated rings. The molecule has 2 N–H and O–H groups in total. The van der Waals surface area contributed by atoms with Crippen molar-refractivity contribution in [1.29, 1.82) is 0 Å². The highest BCUT2D eigenvalue weighted by Crippen LogP contribution is 2.24. The first-order valence-electron chi connectivity index (χ1n) is 10.6. The van der Waals surface area contributed by atoms with Gasteiger partial charge in [0, 0.05) is 21.8 Å². The molecule has 4 aromatic carbocycles. The molecule has 0 saturated heterocycles. The van der Waals surface area contributed by atoms with Crippen molar-refractivity contribution in [2.75, 3.05) is 11.9 Å². The van der Waals surface area contributed by atoms with Gasteiger partial charge in [-0.05, 0) is 59.7 Å². The molecule has 0 bridgehead atoms. The molecular weight excluding hydrogens is 450 g/mol. The first-order chi connectivity index (χ1) is 16.5. The number of ether oxygens (including phenoxy) is 1. The minimum absolute atomic E-state index is 0.208. The minimum atomic E-state index is -0.394. The van der Waals surface area contributed by atoms with E-state index in [1.54, 1.807) is 48.7 Å². The van der Waals surface area contributed by atoms with Crippen molar-refractivity contribution in [1.82, 2.24) is 5.43 Å². The van der Waals surface area contributed by atoms with E-state index in [1.165, 1.54) is 0 Å². The highest BCUT2D eigenvalue weighted by Gasteiger charge is 2.10. The Morgan fingerprint density at radius 3 is 2.50 bits per heavy atom. The number of rotatable bonds is 7. The van der Waals surface area contributed by atoms with Crippen molar-refractivity contribution in [3.8, 4) is 5.75 Å². The van der Waals surface area contributed by atoms with E-state index in [1.807, 2.05) is 49.4 Å². The van der Waals surface area contributed by atoms with Gasteiger partial charge in [-0.2, -0.15) is 5.10 Å². The Labute approximate surface area is 202 Å². The van der Waals surface area contributed by atoms with Crippen LogP contribution < -0.4 is 15.5 Å². The van der Waals surface area contributed by atoms with Gasteiger partial charge in [0.15, 0.2) is 6.61 Å². The van der Waals surface area contributed by atoms with E-state index in [2.05, 4.69) is 15.8 Å². The summed E-state index contributed by atoms with van der Waals surface area (Å²) in [5.41, 5.74) is 5.27. The maximum absolute atomic E-state index is 12.5. The molecule has 34 heavy (non-hydrogen) atoms. The Morgan fingerprint density at radius 2 is 1.68 bits per heavy atom. The maximum atomic E-state index is 12.5. The standard InChI is InChI=1S/C27H22ClN3O3/c1-18-24(28)10-5-11-25(18)30-27(33)20-12-14-22(15-13-20)34-17-26(32)31-29-16-21-8-4-7-19-6-2-3-9-23(19)21/h2-16H,17H2,1H3,(H,30,33)(H,31,32)/b29-16+. The molecule has 170 valence electrons. The van der Waals surface area contributed by atoms with Gasteiger partial charge in [-0.1, -0.05) is 60.1 Å². The molecular formula is C27H22ClN3O3. The van der Waals surface area contributed by atoms with Crippen molar-refractivity contribution in [3.63, 3.8) is 0 Å². The summed E-state index contributed by atoms with van der Waals surface area (Å²) in [4.78, 5) is 24.6. The highest BCUT2D eigenvalue weighted by molar-refractivity contribution is 6.31. The SMILES string of the molecule is Cc1c(Cl)cccc1NC(=O)c1ccc(OCC(=O)N/N=C/c2cccc3ccccc23)cc1. The average molecular weight is 472 g/mol. The van der Waals surface area contributed by atoms with Crippen LogP contribution in [0.5, 0.6) is 5.75 Å². The van der Waals surface area contributed by atoms with Crippen molar-refractivity contribution < 1.29 is 14.3 Å². The summed E-state index contributed by atoms with van der Waals surface area (Å²) in [6.07, 6.45) is 1.61. The van der Waals surface area contributed by atoms with Gasteiger partial charge in [-0.15, -0.1) is 0 Å². The summed E-state index contributed by atoms with van der Waals surface area (Å²) in [6, 6.07) is 25.7. The fourth-order valence-corrected chi connectivity index (χ4v) is 3.53. The first kappa shape index (κ1) is 23.0. The molecule has 0 aliphatic carbocycles. The third-order valence-corrected chi connectivity index (χ3v) is 5.63. The smallest absolute Gasteiger partial charge is 0.277 e. The van der Waals surface area contributed by atoms with Gasteiger partial charge in [-0.25, -0.2) is 5.43 Å². The summed E-state index contributed by atoms with van der Waals surface area (Å²) in [5, 5.41) is 9.60. The largest absolute Gasteiger partial charge is 0.484 e. The second kappa shape index (κ2) is 10.6. The van der Waals surface area contributed by atoms with Crippen LogP contribution in [0.1, 0.15) is 21.5 Å². The lowest BCUT2D eigenvalue weighted by Crippen LogP contribution is -2.24. The number of hydrogen-bond donors (Lipinski definition) is 2. The van der Waals surface area contributed by atoms with Crippen LogP contribution in [0.3, 0.4) is 0 Å². The van der Waals surface area contributed by atoms with Crippen LogP contribution in [-0.4, -0.2) is 24.6 Å². The van der Waals surface area contributed by atoms with E-state index in [0.29, 0.717) is 22.0 Å². The Hall–Kier alpha value is -4.16. The number of nitrogens with zero attached hydrogens (tertiary/aromatic N) is 1. The van der Waals surface area contributed by atoms with Crippen LogP contribution in [0, 0.1) is 6.92 Å². The zero-order valence-electron chi connectivity index (χ0n) is 18.4. The summed E-state index contributed by atoms with van der Waals surface area (Å²) in [5.74, 6) is -0.198. The van der Waals surface area contributed by atoms with E-state index >= 15 is 0 Å². The lowest BCUT2D eigenvalue weighted by molar-refractivity contribution is -0.123. The molecule has 0 unspecified atom stereocenters. The zero-order chi connectivity index (χ0) is 23.9. The second-order valence-electron chi connectivity index (χ2n) is 7.54. The lowest BCUT2D eigenvalue weighted by atomic mass is 10.1. The number of hydrogen-bond acceptors (Lipinski definition) is 4. The lowest BCUT2D eigenvalue weighted by Gasteiger charge is -2.10. The molecule has 0 spiro atoms. The number of nitrogens with one attached hydrogen (secondary N) is 2. The molecule has 0 aliphatic heterocycles. The van der Waals surface area contributed by atoms with Gasteiger partial charge in [0.05, 0.1) is 6.21 Å². The second-order valence-corrected chi connectivity index (χ2v) is 7.95. The number of halogens is 1. The molecule has 4 aromatic rings. The quantitative estimate of drug-likeness (QED) is 0.272. The fourth-order valence-electron chi connectivity index (χ4n) is 3.36. The number of anilines is 1. The van der Waals surface area contributed by atoms with Crippen LogP contribution in [0.25, 0.3) is 10.8 Å². The molecule has 7 heteroatoms. The van der Waals surface area contributed by atoms with Crippen LogP contribution in [-0.2, 0) is 4.79 Å². The predicted octanol–water partition coefficient (Wildman–Crippen LogP) is 5.58. The fraction of sp³-hybridized carbons (Fsp3) is 0.0741. The van der Waals surface area contributed by atoms with Crippen molar-refractivity contribution in [2.24, 2.45) is 5.10 Å². The van der Waals surface area contributed by atoms with Gasteiger partial charge in [-0.3, -0.25) is 9.59 Å². The van der Waals surface area contributed by atoms with Crippen LogP contribution in [0.2, 0.25) is 5.02 Å². The zero-order valence-corrected chi connectivity index (χ0v) is 19.2. The van der Waals surface area contributed by atoms with Crippen molar-refractivity contribution in [3.05, 3.63) is 107 Å². The van der Waals surface area contributed by atoms with Gasteiger partial charge in [0.2, 0.25) is 0 Å². The molecule has 0 saturated carbocycles. The van der Waals surface area contributed by atoms with Crippen LogP contribution in [0.15, 0.2) is 90.0 Å². The van der Waals surface area contributed by atoms with Crippen LogP contribution in [0.4, 0.5) is 5.69 Å². The molecule has 0 aliphatic rings. The van der Waals surface area contributed by atoms with Crippen molar-refractivity contribution in [2.45, 2.75) is 6.92 Å². The molecule has 0 radical (unpaired) electrons. The summed E-state index contributed by atoms with van der Waals surface area (Å²) in [7, 11) is 0. The average Bonchev–Trinajstić information content (AvgIpc) is 2.86. The van der Waals surface area contributed by atoms with Gasteiger partial charge in [0.25, 0.3) is 11.8 Å². The molecule has 4 rings (SSSR count). The summed E-state index contributed by atoms with van der Waals surface area (Å²) >= 11 is 6.10. The van der Waals surface area contributed by atoms with Gasteiger partial charge in [0.1, 0.15) is 5.75 Å². The number of amides is 2. The summed E-state index contributed by atoms with van der Waals surface area (Å²) < 4.78 is 5.49. The molecule has 6 nitrogen and oxygen atoms in total.